The molecule has 0 aliphatic heterocycles. The fourth-order valence-corrected chi connectivity index (χ4v) is 4.07. The molecule has 3 aromatic carbocycles. The predicted octanol–water partition coefficient (Wildman–Crippen LogP) is 8.15. The van der Waals surface area contributed by atoms with Crippen molar-refractivity contribution in [2.45, 2.75) is 37.5 Å². The van der Waals surface area contributed by atoms with E-state index in [2.05, 4.69) is 0 Å². The van der Waals surface area contributed by atoms with Crippen molar-refractivity contribution in [3.63, 3.8) is 0 Å². The van der Waals surface area contributed by atoms with Gasteiger partial charge in [0.25, 0.3) is 23.9 Å². The second-order valence-corrected chi connectivity index (χ2v) is 9.12. The fraction of sp³-hybridized carbons (Fsp3) is 0.259. The van der Waals surface area contributed by atoms with Crippen LogP contribution >= 0.6 is 0 Å². The molecular weight excluding hydrogens is 612 g/mol. The van der Waals surface area contributed by atoms with Crippen molar-refractivity contribution in [2.75, 3.05) is 17.3 Å². The van der Waals surface area contributed by atoms with Crippen LogP contribution in [0.5, 0.6) is 0 Å². The molecule has 3 aromatic rings. The van der Waals surface area contributed by atoms with Gasteiger partial charge in [-0.15, -0.1) is 0 Å². The summed E-state index contributed by atoms with van der Waals surface area (Å²) in [6, 6.07) is 6.29. The highest BCUT2D eigenvalue weighted by Crippen LogP contribution is 2.50. The van der Waals surface area contributed by atoms with Gasteiger partial charge in [-0.1, -0.05) is 12.1 Å². The summed E-state index contributed by atoms with van der Waals surface area (Å²) in [5.41, 5.74) is -13.8. The van der Waals surface area contributed by atoms with Crippen molar-refractivity contribution >= 4 is 23.2 Å². The molecule has 0 saturated carbocycles. The SMILES string of the molecule is Cc1cc(C(F)(C(F)C(F)F)C(F)(F)F)cc(C(F)(F)F)c1NC(=O)c1cccc(N(C)C(=O)c2ccc(F)cc2)c1F. The van der Waals surface area contributed by atoms with Crippen LogP contribution in [0.25, 0.3) is 0 Å². The van der Waals surface area contributed by atoms with Gasteiger partial charge in [0.15, 0.2) is 5.82 Å². The lowest BCUT2D eigenvalue weighted by atomic mass is 9.87. The lowest BCUT2D eigenvalue weighted by molar-refractivity contribution is -0.269. The lowest BCUT2D eigenvalue weighted by Crippen LogP contribution is -2.49. The van der Waals surface area contributed by atoms with Gasteiger partial charge in [-0.2, -0.15) is 26.3 Å². The second-order valence-electron chi connectivity index (χ2n) is 9.12. The first-order valence-electron chi connectivity index (χ1n) is 11.8. The van der Waals surface area contributed by atoms with E-state index in [0.717, 1.165) is 49.5 Å². The van der Waals surface area contributed by atoms with Gasteiger partial charge in [0.1, 0.15) is 5.82 Å². The quantitative estimate of drug-likeness (QED) is 0.268. The van der Waals surface area contributed by atoms with Gasteiger partial charge < -0.3 is 10.2 Å². The Morgan fingerprint density at radius 2 is 1.44 bits per heavy atom. The molecule has 16 heteroatoms. The van der Waals surface area contributed by atoms with E-state index in [9.17, 15) is 57.9 Å². The summed E-state index contributed by atoms with van der Waals surface area (Å²) in [7, 11) is 1.07. The van der Waals surface area contributed by atoms with Crippen molar-refractivity contribution in [3.05, 3.63) is 94.0 Å². The van der Waals surface area contributed by atoms with Gasteiger partial charge in [0.2, 0.25) is 6.17 Å². The minimum atomic E-state index is -6.43. The number of aryl methyl sites for hydroxylation is 1. The van der Waals surface area contributed by atoms with Crippen LogP contribution in [-0.4, -0.2) is 37.6 Å². The molecule has 0 heterocycles. The van der Waals surface area contributed by atoms with Gasteiger partial charge in [-0.05, 0) is 55.0 Å². The molecule has 2 atom stereocenters. The third-order valence-electron chi connectivity index (χ3n) is 6.29. The number of alkyl halides is 10. The number of carbonyl (C=O) groups excluding carboxylic acids is 2. The number of hydrogen-bond donors (Lipinski definition) is 1. The van der Waals surface area contributed by atoms with E-state index in [-0.39, 0.29) is 11.6 Å². The largest absolute Gasteiger partial charge is 0.429 e. The molecule has 2 amide bonds. The third-order valence-corrected chi connectivity index (χ3v) is 6.29. The highest BCUT2D eigenvalue weighted by atomic mass is 19.4. The Bertz CT molecular complexity index is 1520. The number of hydrogen-bond acceptors (Lipinski definition) is 2. The first-order valence-corrected chi connectivity index (χ1v) is 11.8. The summed E-state index contributed by atoms with van der Waals surface area (Å²) in [6.45, 7) is 0.642. The van der Waals surface area contributed by atoms with Gasteiger partial charge in [0, 0.05) is 18.2 Å². The number of rotatable bonds is 7. The summed E-state index contributed by atoms with van der Waals surface area (Å²) in [5.74, 6) is -4.60. The maximum Gasteiger partial charge on any atom is 0.429 e. The molecule has 0 radical (unpaired) electrons. The first kappa shape index (κ1) is 33.3. The van der Waals surface area contributed by atoms with Crippen LogP contribution in [0, 0.1) is 18.6 Å². The predicted molar refractivity (Wildman–Crippen MR) is 129 cm³/mol. The number of carbonyl (C=O) groups is 2. The van der Waals surface area contributed by atoms with E-state index < -0.39 is 93.8 Å². The lowest BCUT2D eigenvalue weighted by Gasteiger charge is -2.32. The van der Waals surface area contributed by atoms with Crippen LogP contribution in [0.4, 0.5) is 64.1 Å². The van der Waals surface area contributed by atoms with E-state index >= 15 is 4.39 Å². The Morgan fingerprint density at radius 3 is 1.95 bits per heavy atom. The minimum Gasteiger partial charge on any atom is -0.321 e. The molecule has 0 spiro atoms. The zero-order valence-corrected chi connectivity index (χ0v) is 21.7. The van der Waals surface area contributed by atoms with E-state index in [1.54, 1.807) is 5.32 Å². The van der Waals surface area contributed by atoms with Gasteiger partial charge in [-0.25, -0.2) is 26.3 Å². The Balaban J connectivity index is 2.07. The highest BCUT2D eigenvalue weighted by Gasteiger charge is 2.66. The zero-order chi connectivity index (χ0) is 32.7. The average molecular weight is 630 g/mol. The minimum absolute atomic E-state index is 0.00474. The number of nitrogens with one attached hydrogen (secondary N) is 1. The molecule has 2 unspecified atom stereocenters. The molecule has 1 N–H and O–H groups in total. The molecule has 0 saturated heterocycles. The first-order chi connectivity index (χ1) is 19.7. The summed E-state index contributed by atoms with van der Waals surface area (Å²) in [4.78, 5) is 26.3. The Labute approximate surface area is 234 Å². The summed E-state index contributed by atoms with van der Waals surface area (Å²) >= 11 is 0. The normalized spacial score (nSPS) is 14.3. The Hall–Kier alpha value is -4.24. The molecule has 4 nitrogen and oxygen atoms in total. The van der Waals surface area contributed by atoms with Gasteiger partial charge in [0.05, 0.1) is 22.5 Å². The fourth-order valence-electron chi connectivity index (χ4n) is 4.07. The molecule has 0 bridgehead atoms. The smallest absolute Gasteiger partial charge is 0.321 e. The number of anilines is 2. The number of halogens is 12. The van der Waals surface area contributed by atoms with Crippen molar-refractivity contribution < 1.29 is 62.3 Å². The van der Waals surface area contributed by atoms with Crippen LogP contribution in [0.15, 0.2) is 54.6 Å². The Kier molecular flexibility index (Phi) is 9.13. The summed E-state index contributed by atoms with van der Waals surface area (Å²) in [6.07, 6.45) is -21.3. The zero-order valence-electron chi connectivity index (χ0n) is 21.7. The molecule has 232 valence electrons. The van der Waals surface area contributed by atoms with Gasteiger partial charge >= 0.3 is 12.4 Å². The van der Waals surface area contributed by atoms with Crippen molar-refractivity contribution in [1.29, 1.82) is 0 Å². The van der Waals surface area contributed by atoms with Crippen LogP contribution in [0.1, 0.15) is 37.4 Å². The molecule has 0 aliphatic carbocycles. The second kappa shape index (κ2) is 11.8. The van der Waals surface area contributed by atoms with Crippen molar-refractivity contribution in [2.24, 2.45) is 0 Å². The molecule has 3 rings (SSSR count). The molecule has 43 heavy (non-hydrogen) atoms. The van der Waals surface area contributed by atoms with E-state index in [4.69, 9.17) is 0 Å². The van der Waals surface area contributed by atoms with E-state index in [1.165, 1.54) is 0 Å². The summed E-state index contributed by atoms with van der Waals surface area (Å²) in [5, 5.41) is 1.66. The maximum absolute atomic E-state index is 15.3. The third kappa shape index (κ3) is 6.41. The van der Waals surface area contributed by atoms with E-state index in [1.807, 2.05) is 0 Å². The standard InChI is InChI=1S/C27H18F12N2O2/c1-12-10-14(25(33,27(37,38)39)21(30)22(31)32)11-17(26(34,35)36)20(12)40-23(42)16-4-3-5-18(19(16)29)41(2)24(43)13-6-8-15(28)9-7-13/h3-11,21-22H,1-2H3,(H,40,42). The highest BCUT2D eigenvalue weighted by molar-refractivity contribution is 6.09. The van der Waals surface area contributed by atoms with Crippen LogP contribution < -0.4 is 10.2 Å². The topological polar surface area (TPSA) is 49.4 Å². The molecule has 0 aromatic heterocycles. The van der Waals surface area contributed by atoms with Crippen LogP contribution in [0.2, 0.25) is 0 Å². The monoisotopic (exact) mass is 630 g/mol. The molecule has 0 aliphatic rings. The Morgan fingerprint density at radius 1 is 0.860 bits per heavy atom. The van der Waals surface area contributed by atoms with Crippen LogP contribution in [0.3, 0.4) is 0 Å². The van der Waals surface area contributed by atoms with E-state index in [0.29, 0.717) is 11.8 Å². The van der Waals surface area contributed by atoms with Crippen LogP contribution in [-0.2, 0) is 11.8 Å². The number of amides is 2. The number of nitrogens with zero attached hydrogens (tertiary/aromatic N) is 1. The van der Waals surface area contributed by atoms with Crippen molar-refractivity contribution in [1.82, 2.24) is 0 Å². The summed E-state index contributed by atoms with van der Waals surface area (Å²) < 4.78 is 165. The average Bonchev–Trinajstić information content (AvgIpc) is 2.91. The molecular formula is C27H18F12N2O2. The number of benzene rings is 3. The van der Waals surface area contributed by atoms with Gasteiger partial charge in [-0.3, -0.25) is 9.59 Å². The molecule has 0 fully saturated rings. The maximum atomic E-state index is 15.3. The van der Waals surface area contributed by atoms with Crippen molar-refractivity contribution in [3.8, 4) is 0 Å².